The second-order valence-corrected chi connectivity index (χ2v) is 5.29. The first-order chi connectivity index (χ1) is 7.99. The van der Waals surface area contributed by atoms with Gasteiger partial charge in [0.25, 0.3) is 0 Å². The quantitative estimate of drug-likeness (QED) is 0.823. The highest BCUT2D eigenvalue weighted by Crippen LogP contribution is 2.26. The van der Waals surface area contributed by atoms with Crippen molar-refractivity contribution >= 4 is 0 Å². The Labute approximate surface area is 104 Å². The molecule has 0 aromatic heterocycles. The second-order valence-electron chi connectivity index (χ2n) is 5.29. The van der Waals surface area contributed by atoms with Crippen molar-refractivity contribution < 1.29 is 9.84 Å². The maximum Gasteiger partial charge on any atom is 0.123 e. The number of hydrogen-bond donors (Lipinski definition) is 2. The van der Waals surface area contributed by atoms with Gasteiger partial charge in [-0.2, -0.15) is 0 Å². The van der Waals surface area contributed by atoms with Gasteiger partial charge in [-0.15, -0.1) is 0 Å². The Morgan fingerprint density at radius 1 is 1.29 bits per heavy atom. The van der Waals surface area contributed by atoms with Gasteiger partial charge in [-0.25, -0.2) is 0 Å². The van der Waals surface area contributed by atoms with Crippen LogP contribution in [0, 0.1) is 5.41 Å². The normalized spacial score (nSPS) is 13.5. The molecule has 0 heterocycles. The Hall–Kier alpha value is -1.06. The van der Waals surface area contributed by atoms with E-state index in [1.807, 2.05) is 24.3 Å². The third-order valence-corrected chi connectivity index (χ3v) is 2.80. The first-order valence-electron chi connectivity index (χ1n) is 6.04. The summed E-state index contributed by atoms with van der Waals surface area (Å²) in [5.74, 6) is 0.826. The summed E-state index contributed by atoms with van der Waals surface area (Å²) in [5.41, 5.74) is 6.78. The van der Waals surface area contributed by atoms with Crippen LogP contribution in [0.4, 0.5) is 0 Å². The minimum Gasteiger partial charge on any atom is -0.488 e. The fourth-order valence-corrected chi connectivity index (χ4v) is 1.68. The van der Waals surface area contributed by atoms with Crippen LogP contribution in [0.5, 0.6) is 5.75 Å². The van der Waals surface area contributed by atoms with Gasteiger partial charge in [0.15, 0.2) is 0 Å². The summed E-state index contributed by atoms with van der Waals surface area (Å²) in [6, 6.07) is 7.79. The number of aliphatic hydroxyl groups is 1. The van der Waals surface area contributed by atoms with E-state index in [0.29, 0.717) is 13.0 Å². The van der Waals surface area contributed by atoms with Gasteiger partial charge in [-0.05, 0) is 18.1 Å². The van der Waals surface area contributed by atoms with Crippen LogP contribution in [0.1, 0.15) is 26.3 Å². The van der Waals surface area contributed by atoms with E-state index < -0.39 is 0 Å². The lowest BCUT2D eigenvalue weighted by Gasteiger charge is -2.30. The molecular formula is C14H23NO2. The lowest BCUT2D eigenvalue weighted by molar-refractivity contribution is 0.0928. The van der Waals surface area contributed by atoms with Gasteiger partial charge in [0, 0.05) is 18.6 Å². The Morgan fingerprint density at radius 3 is 2.47 bits per heavy atom. The van der Waals surface area contributed by atoms with E-state index in [4.69, 9.17) is 15.6 Å². The highest BCUT2D eigenvalue weighted by atomic mass is 16.5. The molecule has 0 radical (unpaired) electrons. The van der Waals surface area contributed by atoms with Gasteiger partial charge in [-0.3, -0.25) is 0 Å². The second kappa shape index (κ2) is 6.03. The maximum atomic E-state index is 9.02. The largest absolute Gasteiger partial charge is 0.488 e. The molecule has 0 aliphatic rings. The number of aliphatic hydroxyl groups excluding tert-OH is 1. The lowest BCUT2D eigenvalue weighted by Crippen LogP contribution is -2.39. The average molecular weight is 237 g/mol. The van der Waals surface area contributed by atoms with Crippen molar-refractivity contribution in [2.75, 3.05) is 13.2 Å². The molecule has 1 aromatic carbocycles. The van der Waals surface area contributed by atoms with E-state index >= 15 is 0 Å². The summed E-state index contributed by atoms with van der Waals surface area (Å²) in [4.78, 5) is 0. The molecule has 1 atom stereocenters. The molecule has 0 amide bonds. The van der Waals surface area contributed by atoms with E-state index in [-0.39, 0.29) is 18.1 Å². The molecule has 0 saturated heterocycles. The molecule has 0 fully saturated rings. The van der Waals surface area contributed by atoms with Crippen molar-refractivity contribution in [3.8, 4) is 5.75 Å². The monoisotopic (exact) mass is 237 g/mol. The summed E-state index contributed by atoms with van der Waals surface area (Å²) in [6.07, 6.45) is 0.583. The number of ether oxygens (including phenoxy) is 1. The lowest BCUT2D eigenvalue weighted by atomic mass is 9.89. The number of para-hydroxylation sites is 1. The topological polar surface area (TPSA) is 55.5 Å². The maximum absolute atomic E-state index is 9.02. The zero-order chi connectivity index (χ0) is 12.9. The van der Waals surface area contributed by atoms with Crippen LogP contribution in [0.2, 0.25) is 0 Å². The molecule has 0 aliphatic carbocycles. The molecule has 1 rings (SSSR count). The Kier molecular flexibility index (Phi) is 4.97. The predicted molar refractivity (Wildman–Crippen MR) is 70.2 cm³/mol. The molecular weight excluding hydrogens is 214 g/mol. The minimum absolute atomic E-state index is 0.00107. The number of hydrogen-bond acceptors (Lipinski definition) is 3. The summed E-state index contributed by atoms with van der Waals surface area (Å²) in [5, 5.41) is 9.02. The van der Waals surface area contributed by atoms with Gasteiger partial charge in [-0.1, -0.05) is 39.0 Å². The van der Waals surface area contributed by atoms with Crippen LogP contribution < -0.4 is 10.5 Å². The van der Waals surface area contributed by atoms with Crippen molar-refractivity contribution in [1.29, 1.82) is 0 Å². The van der Waals surface area contributed by atoms with Crippen molar-refractivity contribution in [2.24, 2.45) is 11.1 Å². The Bertz CT molecular complexity index is 344. The third-order valence-electron chi connectivity index (χ3n) is 2.80. The molecule has 96 valence electrons. The third kappa shape index (κ3) is 4.02. The summed E-state index contributed by atoms with van der Waals surface area (Å²) < 4.78 is 5.98. The molecule has 3 heteroatoms. The van der Waals surface area contributed by atoms with E-state index in [0.717, 1.165) is 11.3 Å². The van der Waals surface area contributed by atoms with Gasteiger partial charge in [0.2, 0.25) is 0 Å². The smallest absolute Gasteiger partial charge is 0.123 e. The minimum atomic E-state index is -0.0256. The van der Waals surface area contributed by atoms with Crippen LogP contribution in [0.15, 0.2) is 24.3 Å². The van der Waals surface area contributed by atoms with E-state index in [9.17, 15) is 0 Å². The zero-order valence-corrected chi connectivity index (χ0v) is 10.9. The van der Waals surface area contributed by atoms with E-state index in [2.05, 4.69) is 20.8 Å². The standard InChI is InChI=1S/C14H23NO2/c1-14(2,3)13(10-15)17-12-7-5-4-6-11(12)8-9-16/h4-7,13,16H,8-10,15H2,1-3H3. The van der Waals surface area contributed by atoms with Gasteiger partial charge in [0.1, 0.15) is 11.9 Å². The van der Waals surface area contributed by atoms with Crippen LogP contribution in [-0.4, -0.2) is 24.4 Å². The van der Waals surface area contributed by atoms with E-state index in [1.165, 1.54) is 0 Å². The summed E-state index contributed by atoms with van der Waals surface area (Å²) in [6.45, 7) is 6.94. The highest BCUT2D eigenvalue weighted by Gasteiger charge is 2.25. The fourth-order valence-electron chi connectivity index (χ4n) is 1.68. The molecule has 0 bridgehead atoms. The molecule has 1 unspecified atom stereocenters. The molecule has 0 aliphatic heterocycles. The molecule has 0 spiro atoms. The zero-order valence-electron chi connectivity index (χ0n) is 10.9. The van der Waals surface area contributed by atoms with Crippen molar-refractivity contribution in [1.82, 2.24) is 0 Å². The molecule has 1 aromatic rings. The summed E-state index contributed by atoms with van der Waals surface area (Å²) >= 11 is 0. The number of rotatable bonds is 5. The molecule has 3 N–H and O–H groups in total. The SMILES string of the molecule is CC(C)(C)C(CN)Oc1ccccc1CCO. The summed E-state index contributed by atoms with van der Waals surface area (Å²) in [7, 11) is 0. The first-order valence-corrected chi connectivity index (χ1v) is 6.04. The van der Waals surface area contributed by atoms with Crippen molar-refractivity contribution in [3.63, 3.8) is 0 Å². The Balaban J connectivity index is 2.86. The Morgan fingerprint density at radius 2 is 1.94 bits per heavy atom. The molecule has 3 nitrogen and oxygen atoms in total. The fraction of sp³-hybridized carbons (Fsp3) is 0.571. The van der Waals surface area contributed by atoms with Gasteiger partial charge in [0.05, 0.1) is 0 Å². The van der Waals surface area contributed by atoms with Gasteiger partial charge < -0.3 is 15.6 Å². The highest BCUT2D eigenvalue weighted by molar-refractivity contribution is 5.33. The average Bonchev–Trinajstić information content (AvgIpc) is 2.26. The van der Waals surface area contributed by atoms with Crippen molar-refractivity contribution in [2.45, 2.75) is 33.3 Å². The van der Waals surface area contributed by atoms with Crippen LogP contribution in [-0.2, 0) is 6.42 Å². The molecule has 17 heavy (non-hydrogen) atoms. The number of nitrogens with two attached hydrogens (primary N) is 1. The molecule has 0 saturated carbocycles. The van der Waals surface area contributed by atoms with Gasteiger partial charge >= 0.3 is 0 Å². The number of benzene rings is 1. The van der Waals surface area contributed by atoms with Crippen LogP contribution in [0.3, 0.4) is 0 Å². The van der Waals surface area contributed by atoms with E-state index in [1.54, 1.807) is 0 Å². The first kappa shape index (κ1) is 14.0. The van der Waals surface area contributed by atoms with Crippen LogP contribution >= 0.6 is 0 Å². The van der Waals surface area contributed by atoms with Crippen LogP contribution in [0.25, 0.3) is 0 Å². The predicted octanol–water partition coefficient (Wildman–Crippen LogP) is 1.97. The van der Waals surface area contributed by atoms with Crippen molar-refractivity contribution in [3.05, 3.63) is 29.8 Å².